The second kappa shape index (κ2) is 10.7. The van der Waals surface area contributed by atoms with E-state index in [0.717, 1.165) is 24.8 Å². The number of hydrogen-bond donors (Lipinski definition) is 1. The van der Waals surface area contributed by atoms with E-state index < -0.39 is 0 Å². The van der Waals surface area contributed by atoms with E-state index in [1.54, 1.807) is 0 Å². The SMILES string of the molecule is CCCCCCCc1cc(CC)c(O)c(CCCCC)c1. The predicted molar refractivity (Wildman–Crippen MR) is 93.2 cm³/mol. The summed E-state index contributed by atoms with van der Waals surface area (Å²) in [5.41, 5.74) is 3.73. The van der Waals surface area contributed by atoms with E-state index in [9.17, 15) is 5.11 Å². The van der Waals surface area contributed by atoms with Gasteiger partial charge in [-0.25, -0.2) is 0 Å². The Morgan fingerprint density at radius 3 is 1.95 bits per heavy atom. The van der Waals surface area contributed by atoms with Crippen LogP contribution in [-0.2, 0) is 19.3 Å². The third-order valence-electron chi connectivity index (χ3n) is 4.33. The standard InChI is InChI=1S/C20H34O/c1-4-7-9-10-12-13-17-15-18(6-3)20(21)19(16-17)14-11-8-5-2/h15-16,21H,4-14H2,1-3H3. The van der Waals surface area contributed by atoms with Crippen molar-refractivity contribution in [1.82, 2.24) is 0 Å². The molecular formula is C20H34O. The highest BCUT2D eigenvalue weighted by atomic mass is 16.3. The number of aromatic hydroxyl groups is 1. The van der Waals surface area contributed by atoms with Gasteiger partial charge in [-0.3, -0.25) is 0 Å². The minimum Gasteiger partial charge on any atom is -0.507 e. The molecule has 0 amide bonds. The van der Waals surface area contributed by atoms with Crippen molar-refractivity contribution in [3.05, 3.63) is 28.8 Å². The molecule has 0 radical (unpaired) electrons. The van der Waals surface area contributed by atoms with Crippen LogP contribution in [0.15, 0.2) is 12.1 Å². The van der Waals surface area contributed by atoms with Crippen LogP contribution >= 0.6 is 0 Å². The van der Waals surface area contributed by atoms with Crippen LogP contribution in [0.2, 0.25) is 0 Å². The number of aryl methyl sites for hydroxylation is 3. The minimum atomic E-state index is 0.559. The molecular weight excluding hydrogens is 256 g/mol. The monoisotopic (exact) mass is 290 g/mol. The van der Waals surface area contributed by atoms with Crippen molar-refractivity contribution < 1.29 is 5.11 Å². The molecule has 0 fully saturated rings. The third-order valence-corrected chi connectivity index (χ3v) is 4.33. The normalized spacial score (nSPS) is 11.0. The fraction of sp³-hybridized carbons (Fsp3) is 0.700. The smallest absolute Gasteiger partial charge is 0.121 e. The van der Waals surface area contributed by atoms with Crippen molar-refractivity contribution in [3.63, 3.8) is 0 Å². The molecule has 1 rings (SSSR count). The lowest BCUT2D eigenvalue weighted by atomic mass is 9.95. The summed E-state index contributed by atoms with van der Waals surface area (Å²) >= 11 is 0. The zero-order chi connectivity index (χ0) is 15.5. The molecule has 1 N–H and O–H groups in total. The molecule has 0 spiro atoms. The number of hydrogen-bond acceptors (Lipinski definition) is 1. The van der Waals surface area contributed by atoms with Crippen LogP contribution < -0.4 is 0 Å². The fourth-order valence-electron chi connectivity index (χ4n) is 2.93. The van der Waals surface area contributed by atoms with E-state index in [2.05, 4.69) is 32.9 Å². The largest absolute Gasteiger partial charge is 0.507 e. The number of phenolic OH excluding ortho intramolecular Hbond substituents is 1. The summed E-state index contributed by atoms with van der Waals surface area (Å²) in [5.74, 6) is 0.559. The fourth-order valence-corrected chi connectivity index (χ4v) is 2.93. The first-order chi connectivity index (χ1) is 10.2. The highest BCUT2D eigenvalue weighted by molar-refractivity contribution is 5.44. The van der Waals surface area contributed by atoms with Gasteiger partial charge in [0.05, 0.1) is 0 Å². The van der Waals surface area contributed by atoms with E-state index >= 15 is 0 Å². The van der Waals surface area contributed by atoms with E-state index in [1.807, 2.05) is 0 Å². The zero-order valence-electron chi connectivity index (χ0n) is 14.4. The molecule has 1 aromatic rings. The Morgan fingerprint density at radius 1 is 0.714 bits per heavy atom. The molecule has 0 aliphatic carbocycles. The molecule has 0 aliphatic heterocycles. The number of unbranched alkanes of at least 4 members (excludes halogenated alkanes) is 6. The lowest BCUT2D eigenvalue weighted by Gasteiger charge is -2.12. The molecule has 120 valence electrons. The lowest BCUT2D eigenvalue weighted by Crippen LogP contribution is -1.96. The molecule has 0 saturated heterocycles. The summed E-state index contributed by atoms with van der Waals surface area (Å²) in [6, 6.07) is 4.47. The van der Waals surface area contributed by atoms with Crippen molar-refractivity contribution in [2.24, 2.45) is 0 Å². The molecule has 1 aromatic carbocycles. The number of benzene rings is 1. The van der Waals surface area contributed by atoms with E-state index in [4.69, 9.17) is 0 Å². The minimum absolute atomic E-state index is 0.559. The predicted octanol–water partition coefficient (Wildman–Crippen LogP) is 6.20. The van der Waals surface area contributed by atoms with Gasteiger partial charge in [0, 0.05) is 0 Å². The van der Waals surface area contributed by atoms with Gasteiger partial charge in [-0.05, 0) is 48.8 Å². The van der Waals surface area contributed by atoms with Crippen LogP contribution in [0.4, 0.5) is 0 Å². The topological polar surface area (TPSA) is 20.2 Å². The van der Waals surface area contributed by atoms with Gasteiger partial charge in [0.15, 0.2) is 0 Å². The Bertz CT molecular complexity index is 395. The molecule has 0 unspecified atom stereocenters. The van der Waals surface area contributed by atoms with Gasteiger partial charge < -0.3 is 5.11 Å². The first-order valence-corrected chi connectivity index (χ1v) is 9.06. The Hall–Kier alpha value is -0.980. The third kappa shape index (κ3) is 6.54. The van der Waals surface area contributed by atoms with Gasteiger partial charge in [-0.1, -0.05) is 71.4 Å². The number of phenols is 1. The summed E-state index contributed by atoms with van der Waals surface area (Å²) in [6.45, 7) is 6.62. The molecule has 1 nitrogen and oxygen atoms in total. The molecule has 1 heteroatoms. The average molecular weight is 290 g/mol. The second-order valence-electron chi connectivity index (χ2n) is 6.24. The van der Waals surface area contributed by atoms with Crippen molar-refractivity contribution in [1.29, 1.82) is 0 Å². The lowest BCUT2D eigenvalue weighted by molar-refractivity contribution is 0.459. The van der Waals surface area contributed by atoms with Gasteiger partial charge in [0.2, 0.25) is 0 Å². The maximum Gasteiger partial charge on any atom is 0.121 e. The van der Waals surface area contributed by atoms with Crippen LogP contribution in [0, 0.1) is 0 Å². The van der Waals surface area contributed by atoms with Gasteiger partial charge in [-0.2, -0.15) is 0 Å². The molecule has 21 heavy (non-hydrogen) atoms. The molecule has 0 saturated carbocycles. The summed E-state index contributed by atoms with van der Waals surface area (Å²) in [6.07, 6.45) is 13.4. The van der Waals surface area contributed by atoms with Crippen molar-refractivity contribution in [3.8, 4) is 5.75 Å². The van der Waals surface area contributed by atoms with Crippen molar-refractivity contribution in [2.75, 3.05) is 0 Å². The Labute approximate surface area is 131 Å². The van der Waals surface area contributed by atoms with E-state index in [0.29, 0.717) is 5.75 Å². The van der Waals surface area contributed by atoms with Crippen LogP contribution in [0.3, 0.4) is 0 Å². The Kier molecular flexibility index (Phi) is 9.21. The van der Waals surface area contributed by atoms with Crippen LogP contribution in [0.5, 0.6) is 5.75 Å². The van der Waals surface area contributed by atoms with Gasteiger partial charge in [0.25, 0.3) is 0 Å². The molecule has 0 bridgehead atoms. The Morgan fingerprint density at radius 2 is 1.29 bits per heavy atom. The summed E-state index contributed by atoms with van der Waals surface area (Å²) in [4.78, 5) is 0. The van der Waals surface area contributed by atoms with E-state index in [-0.39, 0.29) is 0 Å². The van der Waals surface area contributed by atoms with Crippen LogP contribution in [0.25, 0.3) is 0 Å². The maximum absolute atomic E-state index is 10.4. The summed E-state index contributed by atoms with van der Waals surface area (Å²) < 4.78 is 0. The van der Waals surface area contributed by atoms with Crippen molar-refractivity contribution in [2.45, 2.75) is 91.4 Å². The van der Waals surface area contributed by atoms with Crippen LogP contribution in [0.1, 0.15) is 88.8 Å². The zero-order valence-corrected chi connectivity index (χ0v) is 14.4. The first-order valence-electron chi connectivity index (χ1n) is 9.06. The summed E-state index contributed by atoms with van der Waals surface area (Å²) in [7, 11) is 0. The molecule has 0 aliphatic rings. The van der Waals surface area contributed by atoms with E-state index in [1.165, 1.54) is 62.5 Å². The molecule has 0 aromatic heterocycles. The molecule has 0 atom stereocenters. The van der Waals surface area contributed by atoms with Crippen LogP contribution in [-0.4, -0.2) is 5.11 Å². The Balaban J connectivity index is 2.63. The average Bonchev–Trinajstić information content (AvgIpc) is 2.49. The highest BCUT2D eigenvalue weighted by Crippen LogP contribution is 2.27. The second-order valence-corrected chi connectivity index (χ2v) is 6.24. The maximum atomic E-state index is 10.4. The summed E-state index contributed by atoms with van der Waals surface area (Å²) in [5, 5.41) is 10.4. The number of rotatable bonds is 11. The first kappa shape index (κ1) is 18.1. The van der Waals surface area contributed by atoms with Gasteiger partial charge in [-0.15, -0.1) is 0 Å². The quantitative estimate of drug-likeness (QED) is 0.481. The molecule has 0 heterocycles. The van der Waals surface area contributed by atoms with Gasteiger partial charge >= 0.3 is 0 Å². The van der Waals surface area contributed by atoms with Crippen molar-refractivity contribution >= 4 is 0 Å². The van der Waals surface area contributed by atoms with Gasteiger partial charge in [0.1, 0.15) is 5.75 Å². The highest BCUT2D eigenvalue weighted by Gasteiger charge is 2.09.